The van der Waals surface area contributed by atoms with Crippen LogP contribution in [0.5, 0.6) is 0 Å². The Labute approximate surface area is 101 Å². The van der Waals surface area contributed by atoms with Crippen LogP contribution in [0.2, 0.25) is 0 Å². The van der Waals surface area contributed by atoms with Crippen LogP contribution in [-0.4, -0.2) is 23.8 Å². The van der Waals surface area contributed by atoms with Gasteiger partial charge in [-0.2, -0.15) is 0 Å². The maximum Gasteiger partial charge on any atom is 0.0445 e. The van der Waals surface area contributed by atoms with Gasteiger partial charge in [0.15, 0.2) is 0 Å². The van der Waals surface area contributed by atoms with Gasteiger partial charge in [-0.15, -0.1) is 0 Å². The lowest BCUT2D eigenvalue weighted by molar-refractivity contribution is 0.215. The predicted octanol–water partition coefficient (Wildman–Crippen LogP) is 3.10. The summed E-state index contributed by atoms with van der Waals surface area (Å²) in [4.78, 5) is 0. The molecular weight excluding hydrogens is 198 g/mol. The van der Waals surface area contributed by atoms with Crippen molar-refractivity contribution in [2.45, 2.75) is 77.3 Å². The van der Waals surface area contributed by atoms with Gasteiger partial charge in [0.25, 0.3) is 0 Å². The highest BCUT2D eigenvalue weighted by atomic mass is 16.3. The van der Waals surface area contributed by atoms with Gasteiger partial charge in [-0.25, -0.2) is 0 Å². The zero-order chi connectivity index (χ0) is 11.8. The third kappa shape index (κ3) is 4.42. The van der Waals surface area contributed by atoms with E-state index in [2.05, 4.69) is 19.2 Å². The van der Waals surface area contributed by atoms with E-state index in [1.54, 1.807) is 0 Å². The average molecular weight is 227 g/mol. The van der Waals surface area contributed by atoms with Gasteiger partial charge in [0.2, 0.25) is 0 Å². The first-order chi connectivity index (χ1) is 7.81. The van der Waals surface area contributed by atoms with Crippen molar-refractivity contribution >= 4 is 0 Å². The van der Waals surface area contributed by atoms with Crippen LogP contribution in [-0.2, 0) is 0 Å². The minimum absolute atomic E-state index is 0.312. The highest BCUT2D eigenvalue weighted by molar-refractivity contribution is 4.81. The Morgan fingerprint density at radius 1 is 1.12 bits per heavy atom. The summed E-state index contributed by atoms with van der Waals surface area (Å²) in [5.74, 6) is 0.881. The Morgan fingerprint density at radius 2 is 1.81 bits per heavy atom. The van der Waals surface area contributed by atoms with Crippen molar-refractivity contribution in [3.05, 3.63) is 0 Å². The van der Waals surface area contributed by atoms with E-state index in [1.807, 2.05) is 0 Å². The molecule has 0 spiro atoms. The summed E-state index contributed by atoms with van der Waals surface area (Å²) in [7, 11) is 0. The Bertz CT molecular complexity index is 166. The normalized spacial score (nSPS) is 21.9. The molecule has 0 aromatic rings. The second kappa shape index (κ2) is 8.08. The number of hydrogen-bond donors (Lipinski definition) is 2. The summed E-state index contributed by atoms with van der Waals surface area (Å²) in [6, 6.07) is 1.19. The first kappa shape index (κ1) is 14.0. The van der Waals surface area contributed by atoms with Crippen molar-refractivity contribution < 1.29 is 5.11 Å². The summed E-state index contributed by atoms with van der Waals surface area (Å²) in [5.41, 5.74) is 0. The molecule has 1 aliphatic carbocycles. The van der Waals surface area contributed by atoms with E-state index in [0.717, 1.165) is 18.8 Å². The van der Waals surface area contributed by atoms with E-state index in [4.69, 9.17) is 5.11 Å². The molecule has 0 aromatic carbocycles. The van der Waals surface area contributed by atoms with Gasteiger partial charge in [-0.1, -0.05) is 33.1 Å². The van der Waals surface area contributed by atoms with Crippen molar-refractivity contribution in [3.8, 4) is 0 Å². The van der Waals surface area contributed by atoms with Crippen molar-refractivity contribution in [1.29, 1.82) is 0 Å². The molecule has 16 heavy (non-hydrogen) atoms. The number of hydrogen-bond acceptors (Lipinski definition) is 2. The topological polar surface area (TPSA) is 32.3 Å². The standard InChI is InChI=1S/C14H29NO/c1-3-13(10-11-16)15-14(4-2)12-8-6-5-7-9-12/h12-16H,3-11H2,1-2H3. The lowest BCUT2D eigenvalue weighted by atomic mass is 9.82. The van der Waals surface area contributed by atoms with E-state index >= 15 is 0 Å². The third-order valence-corrected chi connectivity index (χ3v) is 4.08. The number of rotatable bonds is 7. The minimum Gasteiger partial charge on any atom is -0.396 e. The lowest BCUT2D eigenvalue weighted by Gasteiger charge is -2.33. The molecule has 2 unspecified atom stereocenters. The smallest absolute Gasteiger partial charge is 0.0445 e. The maximum absolute atomic E-state index is 9.02. The largest absolute Gasteiger partial charge is 0.396 e. The molecule has 0 radical (unpaired) electrons. The minimum atomic E-state index is 0.312. The molecule has 96 valence electrons. The Balaban J connectivity index is 2.39. The molecule has 0 amide bonds. The van der Waals surface area contributed by atoms with Gasteiger partial charge in [0.1, 0.15) is 0 Å². The SMILES string of the molecule is CCC(CCO)NC(CC)C1CCCCC1. The molecule has 2 atom stereocenters. The van der Waals surface area contributed by atoms with Crippen LogP contribution in [0.25, 0.3) is 0 Å². The highest BCUT2D eigenvalue weighted by Gasteiger charge is 2.23. The van der Waals surface area contributed by atoms with Crippen LogP contribution in [0.15, 0.2) is 0 Å². The number of nitrogens with one attached hydrogen (secondary N) is 1. The molecule has 0 heterocycles. The summed E-state index contributed by atoms with van der Waals surface area (Å²) in [5, 5.41) is 12.8. The van der Waals surface area contributed by atoms with Gasteiger partial charge in [0.05, 0.1) is 0 Å². The van der Waals surface area contributed by atoms with Crippen LogP contribution in [0.4, 0.5) is 0 Å². The Kier molecular flexibility index (Phi) is 7.06. The molecule has 0 aromatic heterocycles. The monoisotopic (exact) mass is 227 g/mol. The average Bonchev–Trinajstić information content (AvgIpc) is 2.35. The molecule has 2 N–H and O–H groups in total. The molecule has 2 heteroatoms. The van der Waals surface area contributed by atoms with Crippen molar-refractivity contribution in [2.75, 3.05) is 6.61 Å². The van der Waals surface area contributed by atoms with Crippen LogP contribution >= 0.6 is 0 Å². The predicted molar refractivity (Wildman–Crippen MR) is 69.6 cm³/mol. The maximum atomic E-state index is 9.02. The van der Waals surface area contributed by atoms with Gasteiger partial charge in [-0.05, 0) is 38.0 Å². The first-order valence-corrected chi connectivity index (χ1v) is 7.18. The zero-order valence-corrected chi connectivity index (χ0v) is 11.0. The fraction of sp³-hybridized carbons (Fsp3) is 1.00. The first-order valence-electron chi connectivity index (χ1n) is 7.18. The second-order valence-electron chi connectivity index (χ2n) is 5.20. The third-order valence-electron chi connectivity index (χ3n) is 4.08. The summed E-state index contributed by atoms with van der Waals surface area (Å²) >= 11 is 0. The molecule has 1 fully saturated rings. The van der Waals surface area contributed by atoms with E-state index in [1.165, 1.54) is 38.5 Å². The van der Waals surface area contributed by atoms with Crippen LogP contribution in [0.1, 0.15) is 65.2 Å². The van der Waals surface area contributed by atoms with Crippen molar-refractivity contribution in [2.24, 2.45) is 5.92 Å². The quantitative estimate of drug-likeness (QED) is 0.700. The van der Waals surface area contributed by atoms with E-state index in [0.29, 0.717) is 18.7 Å². The molecule has 2 nitrogen and oxygen atoms in total. The van der Waals surface area contributed by atoms with Gasteiger partial charge < -0.3 is 10.4 Å². The van der Waals surface area contributed by atoms with E-state index < -0.39 is 0 Å². The lowest BCUT2D eigenvalue weighted by Crippen LogP contribution is -2.43. The number of aliphatic hydroxyl groups is 1. The van der Waals surface area contributed by atoms with Gasteiger partial charge in [-0.3, -0.25) is 0 Å². The summed E-state index contributed by atoms with van der Waals surface area (Å²) < 4.78 is 0. The molecule has 1 rings (SSSR count). The van der Waals surface area contributed by atoms with Crippen LogP contribution < -0.4 is 5.32 Å². The number of aliphatic hydroxyl groups excluding tert-OH is 1. The van der Waals surface area contributed by atoms with Crippen molar-refractivity contribution in [1.82, 2.24) is 5.32 Å². The fourth-order valence-corrected chi connectivity index (χ4v) is 2.99. The fourth-order valence-electron chi connectivity index (χ4n) is 2.99. The molecule has 1 saturated carbocycles. The molecule has 1 aliphatic rings. The van der Waals surface area contributed by atoms with Gasteiger partial charge in [0, 0.05) is 18.7 Å². The van der Waals surface area contributed by atoms with Crippen LogP contribution in [0, 0.1) is 5.92 Å². The van der Waals surface area contributed by atoms with E-state index in [9.17, 15) is 0 Å². The van der Waals surface area contributed by atoms with Crippen LogP contribution in [0.3, 0.4) is 0 Å². The summed E-state index contributed by atoms with van der Waals surface area (Å²) in [6.45, 7) is 4.81. The second-order valence-corrected chi connectivity index (χ2v) is 5.20. The zero-order valence-electron chi connectivity index (χ0n) is 11.0. The van der Waals surface area contributed by atoms with Crippen molar-refractivity contribution in [3.63, 3.8) is 0 Å². The Hall–Kier alpha value is -0.0800. The molecular formula is C14H29NO. The molecule has 0 bridgehead atoms. The van der Waals surface area contributed by atoms with Gasteiger partial charge >= 0.3 is 0 Å². The summed E-state index contributed by atoms with van der Waals surface area (Å²) in [6.07, 6.45) is 10.3. The van der Waals surface area contributed by atoms with E-state index in [-0.39, 0.29) is 0 Å². The molecule has 0 saturated heterocycles. The Morgan fingerprint density at radius 3 is 2.31 bits per heavy atom. The highest BCUT2D eigenvalue weighted by Crippen LogP contribution is 2.28. The molecule has 0 aliphatic heterocycles.